The van der Waals surface area contributed by atoms with E-state index in [4.69, 9.17) is 14.4 Å². The van der Waals surface area contributed by atoms with Crippen LogP contribution in [0.4, 0.5) is 0 Å². The second-order valence-electron chi connectivity index (χ2n) is 13.8. The molecule has 0 fully saturated rings. The number of nitrogens with zero attached hydrogens (tertiary/aromatic N) is 2. The first-order valence-electron chi connectivity index (χ1n) is 18.6. The Balaban J connectivity index is 1.04. The summed E-state index contributed by atoms with van der Waals surface area (Å²) in [7, 11) is 0. The molecule has 0 saturated heterocycles. The quantitative estimate of drug-likeness (QED) is 0.166. The van der Waals surface area contributed by atoms with Gasteiger partial charge in [-0.3, -0.25) is 0 Å². The van der Waals surface area contributed by atoms with Crippen molar-refractivity contribution in [2.24, 2.45) is 0 Å². The maximum atomic E-state index is 6.42. The summed E-state index contributed by atoms with van der Waals surface area (Å²) in [6.45, 7) is 0. The number of para-hydroxylation sites is 1. The topological polar surface area (TPSA) is 38.9 Å². The van der Waals surface area contributed by atoms with Crippen LogP contribution in [0.3, 0.4) is 0 Å². The summed E-state index contributed by atoms with van der Waals surface area (Å²) >= 11 is 0. The van der Waals surface area contributed by atoms with Crippen molar-refractivity contribution >= 4 is 22.1 Å². The first-order chi connectivity index (χ1) is 27.2. The van der Waals surface area contributed by atoms with E-state index in [1.807, 2.05) is 30.3 Å². The minimum absolute atomic E-state index is 0.573. The van der Waals surface area contributed by atoms with Crippen molar-refractivity contribution in [1.29, 1.82) is 0 Å². The third-order valence-electron chi connectivity index (χ3n) is 10.3. The van der Waals surface area contributed by atoms with Crippen LogP contribution in [-0.2, 0) is 0 Å². The number of hydrogen-bond donors (Lipinski definition) is 0. The molecule has 2 aromatic heterocycles. The van der Waals surface area contributed by atoms with Gasteiger partial charge in [-0.15, -0.1) is 0 Å². The van der Waals surface area contributed by atoms with Crippen LogP contribution < -0.4 is 0 Å². The highest BCUT2D eigenvalue weighted by Crippen LogP contribution is 2.39. The Morgan fingerprint density at radius 2 is 0.673 bits per heavy atom. The lowest BCUT2D eigenvalue weighted by atomic mass is 9.96. The predicted molar refractivity (Wildman–Crippen MR) is 227 cm³/mol. The van der Waals surface area contributed by atoms with Gasteiger partial charge < -0.3 is 4.42 Å². The number of rotatable bonds is 7. The molecule has 0 aliphatic carbocycles. The lowest BCUT2D eigenvalue weighted by Gasteiger charge is -2.11. The maximum absolute atomic E-state index is 6.42. The van der Waals surface area contributed by atoms with Gasteiger partial charge in [0.15, 0.2) is 5.82 Å². The highest BCUT2D eigenvalue weighted by Gasteiger charge is 2.19. The van der Waals surface area contributed by atoms with Crippen LogP contribution in [0.25, 0.3) is 100 Å². The number of benzene rings is 8. The van der Waals surface area contributed by atoms with Crippen LogP contribution in [0.15, 0.2) is 211 Å². The molecule has 0 aliphatic rings. The molecule has 3 heteroatoms. The molecule has 10 rings (SSSR count). The number of furan rings is 1. The third kappa shape index (κ3) is 6.28. The fourth-order valence-corrected chi connectivity index (χ4v) is 7.52. The van der Waals surface area contributed by atoms with Crippen LogP contribution >= 0.6 is 0 Å². The van der Waals surface area contributed by atoms with Crippen molar-refractivity contribution in [1.82, 2.24) is 9.97 Å². The van der Waals surface area contributed by atoms with Gasteiger partial charge in [0.25, 0.3) is 0 Å². The van der Waals surface area contributed by atoms with Crippen LogP contribution in [0.1, 0.15) is 0 Å². The summed E-state index contributed by atoms with van der Waals surface area (Å²) in [6, 6.07) is 72.4. The van der Waals surface area contributed by atoms with Gasteiger partial charge in [0.2, 0.25) is 5.71 Å². The van der Waals surface area contributed by atoms with Crippen molar-refractivity contribution in [2.75, 3.05) is 0 Å². The van der Waals surface area contributed by atoms with Gasteiger partial charge in [-0.2, -0.15) is 4.98 Å². The van der Waals surface area contributed by atoms with Crippen molar-refractivity contribution in [3.63, 3.8) is 0 Å². The van der Waals surface area contributed by atoms with Crippen LogP contribution in [0, 0.1) is 0 Å². The van der Waals surface area contributed by atoms with Gasteiger partial charge in [-0.1, -0.05) is 176 Å². The second kappa shape index (κ2) is 13.9. The third-order valence-corrected chi connectivity index (χ3v) is 10.3. The summed E-state index contributed by atoms with van der Waals surface area (Å²) in [6.07, 6.45) is 0. The molecule has 2 heterocycles. The highest BCUT2D eigenvalue weighted by atomic mass is 16.3. The Morgan fingerprint density at radius 3 is 1.25 bits per heavy atom. The summed E-state index contributed by atoms with van der Waals surface area (Å²) in [5.41, 5.74) is 15.8. The first kappa shape index (κ1) is 32.3. The Kier molecular flexibility index (Phi) is 8.16. The number of hydrogen-bond acceptors (Lipinski definition) is 3. The minimum Gasteiger partial charge on any atom is -0.438 e. The molecule has 258 valence electrons. The van der Waals surface area contributed by atoms with Gasteiger partial charge in [0, 0.05) is 16.5 Å². The van der Waals surface area contributed by atoms with Crippen LogP contribution in [-0.4, -0.2) is 9.97 Å². The smallest absolute Gasteiger partial charge is 0.231 e. The van der Waals surface area contributed by atoms with Gasteiger partial charge in [-0.05, 0) is 86.0 Å². The van der Waals surface area contributed by atoms with E-state index in [1.54, 1.807) is 0 Å². The molecule has 0 aliphatic heterocycles. The minimum atomic E-state index is 0.573. The number of aromatic nitrogens is 2. The largest absolute Gasteiger partial charge is 0.438 e. The average molecular weight is 703 g/mol. The molecule has 0 unspecified atom stereocenters. The summed E-state index contributed by atoms with van der Waals surface area (Å²) in [5.74, 6) is 0.618. The molecule has 55 heavy (non-hydrogen) atoms. The van der Waals surface area contributed by atoms with Gasteiger partial charge in [0.1, 0.15) is 5.58 Å². The molecule has 0 amide bonds. The molecule has 0 N–H and O–H groups in total. The molecular weight excluding hydrogens is 669 g/mol. The Bertz CT molecular complexity index is 2960. The second-order valence-corrected chi connectivity index (χ2v) is 13.8. The summed E-state index contributed by atoms with van der Waals surface area (Å²) in [4.78, 5) is 10.4. The Morgan fingerprint density at radius 1 is 0.291 bits per heavy atom. The summed E-state index contributed by atoms with van der Waals surface area (Å²) in [5, 5.41) is 1.91. The molecule has 0 spiro atoms. The van der Waals surface area contributed by atoms with Crippen molar-refractivity contribution < 1.29 is 4.42 Å². The van der Waals surface area contributed by atoms with Crippen LogP contribution in [0.2, 0.25) is 0 Å². The fraction of sp³-hybridized carbons (Fsp3) is 0. The molecule has 0 bridgehead atoms. The maximum Gasteiger partial charge on any atom is 0.231 e. The van der Waals surface area contributed by atoms with Crippen molar-refractivity contribution in [2.45, 2.75) is 0 Å². The van der Waals surface area contributed by atoms with E-state index in [0.717, 1.165) is 55.4 Å². The Hall–Kier alpha value is -7.36. The van der Waals surface area contributed by atoms with Crippen molar-refractivity contribution in [3.05, 3.63) is 206 Å². The van der Waals surface area contributed by atoms with E-state index in [1.165, 1.54) is 33.4 Å². The van der Waals surface area contributed by atoms with Gasteiger partial charge in [-0.25, -0.2) is 4.98 Å². The van der Waals surface area contributed by atoms with Gasteiger partial charge in [0.05, 0.1) is 11.1 Å². The molecular formula is C52H34N2O. The molecule has 0 atom stereocenters. The molecule has 0 saturated carbocycles. The normalized spacial score (nSPS) is 11.3. The number of fused-ring (bicyclic) bond motifs is 3. The van der Waals surface area contributed by atoms with E-state index in [9.17, 15) is 0 Å². The lowest BCUT2D eigenvalue weighted by Crippen LogP contribution is -1.94. The Labute approximate surface area is 319 Å². The van der Waals surface area contributed by atoms with E-state index in [2.05, 4.69) is 176 Å². The zero-order valence-corrected chi connectivity index (χ0v) is 29.9. The highest BCUT2D eigenvalue weighted by molar-refractivity contribution is 6.10. The molecule has 3 nitrogen and oxygen atoms in total. The van der Waals surface area contributed by atoms with E-state index in [-0.39, 0.29) is 0 Å². The monoisotopic (exact) mass is 702 g/mol. The SMILES string of the molecule is c1ccc(-c2ccc(-c3cccc(-c4cccc(-c5nc(-c6cccc(-c7cccc(-c8ccccc8)c7)c6)c6c(n5)oc5ccccc56)c4)c3)cc2)cc1. The lowest BCUT2D eigenvalue weighted by molar-refractivity contribution is 0.653. The summed E-state index contributed by atoms with van der Waals surface area (Å²) < 4.78 is 6.42. The molecule has 8 aromatic carbocycles. The zero-order chi connectivity index (χ0) is 36.6. The van der Waals surface area contributed by atoms with Crippen molar-refractivity contribution in [3.8, 4) is 78.3 Å². The average Bonchev–Trinajstić information content (AvgIpc) is 3.66. The van der Waals surface area contributed by atoms with Gasteiger partial charge >= 0.3 is 0 Å². The standard InChI is InChI=1S/C52H34N2O/c1-3-13-35(14-4-1)37-27-29-38(30-28-37)40-18-10-20-42(32-40)44-22-12-24-46(34-44)51-53-50(49-47-25-7-8-26-48(47)55-52(49)54-51)45-23-11-21-43(33-45)41-19-9-17-39(31-41)36-15-5-2-6-16-36/h1-34H. The van der Waals surface area contributed by atoms with E-state index >= 15 is 0 Å². The van der Waals surface area contributed by atoms with Crippen LogP contribution in [0.5, 0.6) is 0 Å². The zero-order valence-electron chi connectivity index (χ0n) is 29.9. The molecule has 10 aromatic rings. The molecule has 0 radical (unpaired) electrons. The first-order valence-corrected chi connectivity index (χ1v) is 18.6. The predicted octanol–water partition coefficient (Wildman–Crippen LogP) is 14.0. The fourth-order valence-electron chi connectivity index (χ4n) is 7.52. The van der Waals surface area contributed by atoms with E-state index < -0.39 is 0 Å². The van der Waals surface area contributed by atoms with E-state index in [0.29, 0.717) is 11.5 Å².